The zero-order chi connectivity index (χ0) is 22.2. The Morgan fingerprint density at radius 3 is 2.41 bits per heavy atom. The van der Waals surface area contributed by atoms with E-state index in [9.17, 15) is 14.4 Å². The first-order valence-electron chi connectivity index (χ1n) is 11.5. The fourth-order valence-electron chi connectivity index (χ4n) is 5.40. The quantitative estimate of drug-likeness (QED) is 0.649. The highest BCUT2D eigenvalue weighted by Crippen LogP contribution is 2.39. The van der Waals surface area contributed by atoms with Crippen molar-refractivity contribution in [1.29, 1.82) is 0 Å². The lowest BCUT2D eigenvalue weighted by Gasteiger charge is -2.33. The molecule has 3 aliphatic rings. The van der Waals surface area contributed by atoms with Gasteiger partial charge in [0.25, 0.3) is 5.91 Å². The van der Waals surface area contributed by atoms with Crippen molar-refractivity contribution < 1.29 is 19.5 Å². The number of anilines is 1. The number of benzene rings is 1. The maximum Gasteiger partial charge on any atom is 0.332 e. The van der Waals surface area contributed by atoms with Gasteiger partial charge in [-0.2, -0.15) is 0 Å². The molecule has 2 N–H and O–H groups in total. The highest BCUT2D eigenvalue weighted by Gasteiger charge is 2.54. The summed E-state index contributed by atoms with van der Waals surface area (Å²) in [5, 5.41) is 12.3. The fraction of sp³-hybridized carbons (Fsp3) is 0.625. The smallest absolute Gasteiger partial charge is 0.332 e. The van der Waals surface area contributed by atoms with Crippen LogP contribution in [-0.4, -0.2) is 52.6 Å². The summed E-state index contributed by atoms with van der Waals surface area (Å²) < 4.78 is 0. The lowest BCUT2D eigenvalue weighted by molar-refractivity contribution is -0.137. The van der Waals surface area contributed by atoms with Crippen molar-refractivity contribution in [2.24, 2.45) is 5.92 Å². The van der Waals surface area contributed by atoms with Crippen LogP contribution in [0.4, 0.5) is 10.5 Å². The molecule has 1 saturated heterocycles. The van der Waals surface area contributed by atoms with Crippen LogP contribution < -0.4 is 10.2 Å². The number of carboxylic acid groups (broad SMARTS) is 1. The fourth-order valence-corrected chi connectivity index (χ4v) is 5.40. The van der Waals surface area contributed by atoms with E-state index in [2.05, 4.69) is 17.4 Å². The van der Waals surface area contributed by atoms with E-state index in [-0.39, 0.29) is 36.8 Å². The van der Waals surface area contributed by atoms with Crippen LogP contribution in [0.5, 0.6) is 0 Å². The molecule has 0 aromatic heterocycles. The summed E-state index contributed by atoms with van der Waals surface area (Å²) in [7, 11) is 0. The molecule has 0 bridgehead atoms. The summed E-state index contributed by atoms with van der Waals surface area (Å²) >= 11 is 0. The van der Waals surface area contributed by atoms with Gasteiger partial charge in [-0.05, 0) is 101 Å². The number of urea groups is 1. The van der Waals surface area contributed by atoms with Crippen molar-refractivity contribution in [2.45, 2.75) is 76.8 Å². The van der Waals surface area contributed by atoms with Crippen molar-refractivity contribution in [3.63, 3.8) is 0 Å². The number of rotatable bonds is 5. The first-order valence-corrected chi connectivity index (χ1v) is 11.5. The molecule has 176 valence electrons. The Morgan fingerprint density at radius 2 is 1.75 bits per heavy atom. The van der Waals surface area contributed by atoms with Gasteiger partial charge in [0.2, 0.25) is 0 Å². The van der Waals surface area contributed by atoms with E-state index in [0.717, 1.165) is 57.3 Å². The monoisotopic (exact) mass is 463 g/mol. The Labute approximate surface area is 195 Å². The molecule has 0 spiro atoms. The number of fused-ring (bicyclic) bond motifs is 1. The average molecular weight is 464 g/mol. The van der Waals surface area contributed by atoms with Crippen LogP contribution in [0.2, 0.25) is 0 Å². The van der Waals surface area contributed by atoms with Gasteiger partial charge in [-0.3, -0.25) is 19.4 Å². The number of amides is 3. The number of halogens is 1. The number of aliphatic carboxylic acids is 1. The molecule has 1 aliphatic carbocycles. The van der Waals surface area contributed by atoms with Gasteiger partial charge in [0.15, 0.2) is 0 Å². The van der Waals surface area contributed by atoms with Gasteiger partial charge in [-0.25, -0.2) is 4.79 Å². The number of carbonyl (C=O) groups excluding carboxylic acids is 2. The lowest BCUT2D eigenvalue weighted by Crippen LogP contribution is -2.45. The predicted molar refractivity (Wildman–Crippen MR) is 125 cm³/mol. The lowest BCUT2D eigenvalue weighted by atomic mass is 9.82. The van der Waals surface area contributed by atoms with E-state index in [1.54, 1.807) is 4.90 Å². The molecule has 2 heterocycles. The van der Waals surface area contributed by atoms with Gasteiger partial charge in [0, 0.05) is 18.2 Å². The molecule has 8 heteroatoms. The van der Waals surface area contributed by atoms with Gasteiger partial charge in [0.05, 0.1) is 0 Å². The number of hydrogen-bond donors (Lipinski definition) is 2. The van der Waals surface area contributed by atoms with E-state index in [1.807, 2.05) is 19.9 Å². The van der Waals surface area contributed by atoms with Gasteiger partial charge in [0.1, 0.15) is 5.54 Å². The first kappa shape index (κ1) is 24.5. The number of nitrogens with zero attached hydrogens (tertiary/aromatic N) is 2. The van der Waals surface area contributed by atoms with Gasteiger partial charge in [-0.15, -0.1) is 12.4 Å². The number of carbonyl (C=O) groups is 3. The molecule has 2 fully saturated rings. The minimum absolute atomic E-state index is 0. The summed E-state index contributed by atoms with van der Waals surface area (Å²) in [6.45, 7) is 5.55. The first-order chi connectivity index (χ1) is 14.8. The molecule has 32 heavy (non-hydrogen) atoms. The van der Waals surface area contributed by atoms with Gasteiger partial charge in [-0.1, -0.05) is 6.07 Å². The standard InChI is InChI=1S/C24H33N3O4.ClH/c1-24(2)22(30)26(19-7-3-16(4-8-19)5-10-21(28)29)23(31)27(24)20-9-6-17-11-13-25-14-12-18(17)15-20;/h6,9,15-16,19,25H,3-5,7-8,10-14H2,1-2H3,(H,28,29);1H. The van der Waals surface area contributed by atoms with Crippen LogP contribution in [0, 0.1) is 5.92 Å². The Bertz CT molecular complexity index is 880. The highest BCUT2D eigenvalue weighted by molar-refractivity contribution is 6.16. The maximum atomic E-state index is 13.5. The number of imide groups is 1. The Balaban J connectivity index is 0.00000289. The third-order valence-corrected chi connectivity index (χ3v) is 7.24. The second kappa shape index (κ2) is 9.79. The van der Waals surface area contributed by atoms with Crippen LogP contribution in [0.1, 0.15) is 63.5 Å². The van der Waals surface area contributed by atoms with E-state index in [1.165, 1.54) is 16.0 Å². The number of hydrogen-bond acceptors (Lipinski definition) is 4. The normalized spacial score (nSPS) is 25.2. The molecule has 1 aromatic carbocycles. The summed E-state index contributed by atoms with van der Waals surface area (Å²) in [6.07, 6.45) is 5.98. The van der Waals surface area contributed by atoms with E-state index in [4.69, 9.17) is 5.11 Å². The minimum atomic E-state index is -0.922. The van der Waals surface area contributed by atoms with Crippen LogP contribution in [0.3, 0.4) is 0 Å². The zero-order valence-electron chi connectivity index (χ0n) is 18.9. The molecule has 0 atom stereocenters. The SMILES string of the molecule is CC1(C)C(=O)N(C2CCC(CCC(=O)O)CC2)C(=O)N1c1ccc2c(c1)CCNCC2.Cl. The van der Waals surface area contributed by atoms with Gasteiger partial charge >= 0.3 is 12.0 Å². The molecule has 0 radical (unpaired) electrons. The summed E-state index contributed by atoms with van der Waals surface area (Å²) in [4.78, 5) is 40.8. The molecular weight excluding hydrogens is 430 g/mol. The third-order valence-electron chi connectivity index (χ3n) is 7.24. The predicted octanol–water partition coefficient (Wildman–Crippen LogP) is 3.77. The Kier molecular flexibility index (Phi) is 7.50. The maximum absolute atomic E-state index is 13.5. The molecule has 3 amide bonds. The van der Waals surface area contributed by atoms with E-state index >= 15 is 0 Å². The largest absolute Gasteiger partial charge is 0.481 e. The Hall–Kier alpha value is -2.12. The Morgan fingerprint density at radius 1 is 1.09 bits per heavy atom. The molecule has 1 aromatic rings. The summed E-state index contributed by atoms with van der Waals surface area (Å²) in [5.74, 6) is -0.536. The average Bonchev–Trinajstić information content (AvgIpc) is 2.89. The molecule has 1 saturated carbocycles. The second-order valence-corrected chi connectivity index (χ2v) is 9.66. The van der Waals surface area contributed by atoms with E-state index < -0.39 is 11.5 Å². The van der Waals surface area contributed by atoms with Crippen molar-refractivity contribution in [3.8, 4) is 0 Å². The van der Waals surface area contributed by atoms with Crippen molar-refractivity contribution >= 4 is 36.0 Å². The van der Waals surface area contributed by atoms with Gasteiger partial charge < -0.3 is 10.4 Å². The molecule has 2 aliphatic heterocycles. The van der Waals surface area contributed by atoms with Crippen LogP contribution in [0.25, 0.3) is 0 Å². The number of nitrogens with one attached hydrogen (secondary N) is 1. The van der Waals surface area contributed by atoms with Crippen LogP contribution in [0.15, 0.2) is 18.2 Å². The van der Waals surface area contributed by atoms with Crippen molar-refractivity contribution in [2.75, 3.05) is 18.0 Å². The van der Waals surface area contributed by atoms with Crippen molar-refractivity contribution in [1.82, 2.24) is 10.2 Å². The molecule has 0 unspecified atom stereocenters. The minimum Gasteiger partial charge on any atom is -0.481 e. The van der Waals surface area contributed by atoms with E-state index in [0.29, 0.717) is 12.3 Å². The molecule has 4 rings (SSSR count). The molecule has 7 nitrogen and oxygen atoms in total. The number of carboxylic acids is 1. The highest BCUT2D eigenvalue weighted by atomic mass is 35.5. The second-order valence-electron chi connectivity index (χ2n) is 9.66. The summed E-state index contributed by atoms with van der Waals surface area (Å²) in [5.41, 5.74) is 2.42. The van der Waals surface area contributed by atoms with Crippen molar-refractivity contribution in [3.05, 3.63) is 29.3 Å². The summed E-state index contributed by atoms with van der Waals surface area (Å²) in [6, 6.07) is 5.83. The zero-order valence-corrected chi connectivity index (χ0v) is 19.7. The molecular formula is C24H34ClN3O4. The van der Waals surface area contributed by atoms with Crippen LogP contribution >= 0.6 is 12.4 Å². The topological polar surface area (TPSA) is 90.0 Å². The van der Waals surface area contributed by atoms with Crippen LogP contribution in [-0.2, 0) is 22.4 Å². The third kappa shape index (κ3) is 4.64.